The molecule has 1 heterocycles. The highest BCUT2D eigenvalue weighted by molar-refractivity contribution is 5.99. The lowest BCUT2D eigenvalue weighted by Crippen LogP contribution is -1.98. The van der Waals surface area contributed by atoms with Crippen molar-refractivity contribution in [2.75, 3.05) is 12.4 Å². The zero-order valence-electron chi connectivity index (χ0n) is 11.7. The maximum absolute atomic E-state index is 4.41. The molecule has 0 saturated carbocycles. The van der Waals surface area contributed by atoms with E-state index in [1.807, 2.05) is 19.2 Å². The van der Waals surface area contributed by atoms with Crippen molar-refractivity contribution in [3.8, 4) is 11.3 Å². The van der Waals surface area contributed by atoms with E-state index < -0.39 is 0 Å². The maximum atomic E-state index is 4.41. The van der Waals surface area contributed by atoms with Crippen LogP contribution in [0.2, 0.25) is 0 Å². The number of hydrogen-bond acceptors (Lipinski definition) is 3. The molecule has 0 aliphatic carbocycles. The van der Waals surface area contributed by atoms with E-state index in [-0.39, 0.29) is 0 Å². The lowest BCUT2D eigenvalue weighted by molar-refractivity contribution is 1.05. The number of rotatable bonds is 3. The average molecular weight is 263 g/mol. The molecule has 3 aromatic rings. The summed E-state index contributed by atoms with van der Waals surface area (Å²) in [6, 6.07) is 16.7. The highest BCUT2D eigenvalue weighted by Crippen LogP contribution is 2.29. The summed E-state index contributed by atoms with van der Waals surface area (Å²) in [7, 11) is 1.87. The minimum absolute atomic E-state index is 0.816. The van der Waals surface area contributed by atoms with E-state index in [9.17, 15) is 0 Å². The predicted octanol–water partition coefficient (Wildman–Crippen LogP) is 3.90. The third kappa shape index (κ3) is 2.11. The summed E-state index contributed by atoms with van der Waals surface area (Å²) < 4.78 is 0. The van der Waals surface area contributed by atoms with Gasteiger partial charge < -0.3 is 5.32 Å². The second-order valence-corrected chi connectivity index (χ2v) is 4.75. The van der Waals surface area contributed by atoms with Gasteiger partial charge in [-0.1, -0.05) is 49.4 Å². The first-order valence-electron chi connectivity index (χ1n) is 6.86. The minimum atomic E-state index is 0.816. The van der Waals surface area contributed by atoms with Crippen molar-refractivity contribution in [1.82, 2.24) is 10.2 Å². The van der Waals surface area contributed by atoms with Gasteiger partial charge in [0.1, 0.15) is 5.69 Å². The lowest BCUT2D eigenvalue weighted by Gasteiger charge is -2.09. The number of nitrogens with zero attached hydrogens (tertiary/aromatic N) is 2. The van der Waals surface area contributed by atoms with Crippen LogP contribution in [0, 0.1) is 0 Å². The third-order valence-corrected chi connectivity index (χ3v) is 3.53. The highest BCUT2D eigenvalue weighted by atomic mass is 15.2. The largest absolute Gasteiger partial charge is 0.371 e. The molecule has 0 amide bonds. The Morgan fingerprint density at radius 3 is 2.50 bits per heavy atom. The molecule has 0 fully saturated rings. The molecule has 100 valence electrons. The summed E-state index contributed by atoms with van der Waals surface area (Å²) in [5.74, 6) is 0.816. The lowest BCUT2D eigenvalue weighted by atomic mass is 10.0. The van der Waals surface area contributed by atoms with Gasteiger partial charge in [-0.2, -0.15) is 0 Å². The van der Waals surface area contributed by atoms with E-state index >= 15 is 0 Å². The van der Waals surface area contributed by atoms with Crippen LogP contribution in [0.4, 0.5) is 5.82 Å². The first kappa shape index (κ1) is 12.6. The molecule has 0 spiro atoms. The number of aromatic nitrogens is 2. The molecule has 1 N–H and O–H groups in total. The monoisotopic (exact) mass is 263 g/mol. The van der Waals surface area contributed by atoms with Gasteiger partial charge in [-0.3, -0.25) is 0 Å². The Hall–Kier alpha value is -2.42. The molecule has 0 aliphatic heterocycles. The molecule has 3 heteroatoms. The van der Waals surface area contributed by atoms with Gasteiger partial charge in [0.05, 0.1) is 0 Å². The molecule has 20 heavy (non-hydrogen) atoms. The Morgan fingerprint density at radius 2 is 1.75 bits per heavy atom. The fraction of sp³-hybridized carbons (Fsp3) is 0.176. The second-order valence-electron chi connectivity index (χ2n) is 4.75. The first-order valence-corrected chi connectivity index (χ1v) is 6.86. The average Bonchev–Trinajstić information content (AvgIpc) is 2.54. The SMILES string of the molecule is CCc1cccc(-c2nnc(NC)c3ccccc23)c1. The van der Waals surface area contributed by atoms with Gasteiger partial charge in [-0.25, -0.2) is 0 Å². The molecule has 0 radical (unpaired) electrons. The maximum Gasteiger partial charge on any atom is 0.156 e. The number of hydrogen-bond donors (Lipinski definition) is 1. The molecular formula is C17H17N3. The molecule has 3 rings (SSSR count). The van der Waals surface area contributed by atoms with Crippen molar-refractivity contribution in [2.45, 2.75) is 13.3 Å². The van der Waals surface area contributed by atoms with Crippen molar-refractivity contribution in [3.05, 3.63) is 54.1 Å². The smallest absolute Gasteiger partial charge is 0.156 e. The summed E-state index contributed by atoms with van der Waals surface area (Å²) in [6.45, 7) is 2.16. The van der Waals surface area contributed by atoms with Gasteiger partial charge in [0.2, 0.25) is 0 Å². The van der Waals surface area contributed by atoms with Crippen LogP contribution in [-0.2, 0) is 6.42 Å². The number of aryl methyl sites for hydroxylation is 1. The molecule has 3 nitrogen and oxygen atoms in total. The molecule has 0 saturated heterocycles. The normalized spacial score (nSPS) is 10.7. The van der Waals surface area contributed by atoms with Crippen LogP contribution in [0.5, 0.6) is 0 Å². The summed E-state index contributed by atoms with van der Waals surface area (Å²) in [5, 5.41) is 14.0. The number of anilines is 1. The van der Waals surface area contributed by atoms with E-state index in [1.165, 1.54) is 5.56 Å². The van der Waals surface area contributed by atoms with Crippen LogP contribution in [-0.4, -0.2) is 17.2 Å². The van der Waals surface area contributed by atoms with E-state index in [1.54, 1.807) is 0 Å². The van der Waals surface area contributed by atoms with Crippen LogP contribution in [0.3, 0.4) is 0 Å². The Balaban J connectivity index is 2.26. The van der Waals surface area contributed by atoms with Crippen molar-refractivity contribution in [3.63, 3.8) is 0 Å². The van der Waals surface area contributed by atoms with Crippen LogP contribution in [0.1, 0.15) is 12.5 Å². The zero-order valence-corrected chi connectivity index (χ0v) is 11.7. The van der Waals surface area contributed by atoms with Crippen LogP contribution in [0.15, 0.2) is 48.5 Å². The zero-order chi connectivity index (χ0) is 13.9. The Bertz CT molecular complexity index is 750. The first-order chi connectivity index (χ1) is 9.83. The molecule has 1 aromatic heterocycles. The molecule has 0 unspecified atom stereocenters. The number of nitrogens with one attached hydrogen (secondary N) is 1. The van der Waals surface area contributed by atoms with Gasteiger partial charge in [0.25, 0.3) is 0 Å². The Kier molecular flexibility index (Phi) is 3.33. The highest BCUT2D eigenvalue weighted by Gasteiger charge is 2.09. The fourth-order valence-corrected chi connectivity index (χ4v) is 2.44. The van der Waals surface area contributed by atoms with Gasteiger partial charge in [-0.05, 0) is 18.1 Å². The van der Waals surface area contributed by atoms with Crippen molar-refractivity contribution < 1.29 is 0 Å². The summed E-state index contributed by atoms with van der Waals surface area (Å²) >= 11 is 0. The quantitative estimate of drug-likeness (QED) is 0.778. The molecule has 0 aliphatic rings. The molecule has 0 bridgehead atoms. The standard InChI is InChI=1S/C17H17N3/c1-3-12-7-6-8-13(11-12)16-14-9-4-5-10-15(14)17(18-2)20-19-16/h4-11H,3H2,1-2H3,(H,18,20). The topological polar surface area (TPSA) is 37.8 Å². The molecule has 0 atom stereocenters. The van der Waals surface area contributed by atoms with E-state index in [4.69, 9.17) is 0 Å². The number of fused-ring (bicyclic) bond motifs is 1. The fourth-order valence-electron chi connectivity index (χ4n) is 2.44. The van der Waals surface area contributed by atoms with Crippen molar-refractivity contribution in [1.29, 1.82) is 0 Å². The summed E-state index contributed by atoms with van der Waals surface area (Å²) in [6.07, 6.45) is 1.02. The van der Waals surface area contributed by atoms with Crippen molar-refractivity contribution in [2.24, 2.45) is 0 Å². The molecule has 2 aromatic carbocycles. The second kappa shape index (κ2) is 5.29. The molecular weight excluding hydrogens is 246 g/mol. The van der Waals surface area contributed by atoms with Crippen LogP contribution in [0.25, 0.3) is 22.0 Å². The van der Waals surface area contributed by atoms with Gasteiger partial charge in [0.15, 0.2) is 5.82 Å². The Labute approximate surface area is 118 Å². The van der Waals surface area contributed by atoms with Gasteiger partial charge in [0, 0.05) is 23.4 Å². The summed E-state index contributed by atoms with van der Waals surface area (Å²) in [5.41, 5.74) is 3.37. The van der Waals surface area contributed by atoms with E-state index in [2.05, 4.69) is 58.8 Å². The van der Waals surface area contributed by atoms with E-state index in [0.717, 1.165) is 34.3 Å². The minimum Gasteiger partial charge on any atom is -0.371 e. The third-order valence-electron chi connectivity index (χ3n) is 3.53. The van der Waals surface area contributed by atoms with Gasteiger partial charge >= 0.3 is 0 Å². The van der Waals surface area contributed by atoms with Crippen LogP contribution >= 0.6 is 0 Å². The number of benzene rings is 2. The van der Waals surface area contributed by atoms with Gasteiger partial charge in [-0.15, -0.1) is 10.2 Å². The van der Waals surface area contributed by atoms with E-state index in [0.29, 0.717) is 0 Å². The van der Waals surface area contributed by atoms with Crippen molar-refractivity contribution >= 4 is 16.6 Å². The summed E-state index contributed by atoms with van der Waals surface area (Å²) in [4.78, 5) is 0. The Morgan fingerprint density at radius 1 is 0.950 bits per heavy atom. The predicted molar refractivity (Wildman–Crippen MR) is 83.9 cm³/mol. The van der Waals surface area contributed by atoms with Crippen LogP contribution < -0.4 is 5.32 Å².